The molecule has 2 rings (SSSR count). The van der Waals surface area contributed by atoms with E-state index in [2.05, 4.69) is 10.2 Å². The Morgan fingerprint density at radius 3 is 2.65 bits per heavy atom. The molecule has 0 spiro atoms. The molecule has 0 saturated carbocycles. The normalized spacial score (nSPS) is 10.8. The zero-order chi connectivity index (χ0) is 14.7. The first-order chi connectivity index (χ1) is 9.47. The molecule has 20 heavy (non-hydrogen) atoms. The van der Waals surface area contributed by atoms with Crippen molar-refractivity contribution in [2.45, 2.75) is 19.5 Å². The average Bonchev–Trinajstić information content (AvgIpc) is 2.96. The molecule has 2 aromatic rings. The van der Waals surface area contributed by atoms with Crippen molar-refractivity contribution in [3.63, 3.8) is 0 Å². The Bertz CT molecular complexity index is 587. The minimum Gasteiger partial charge on any atom is -0.340 e. The first-order valence-corrected chi connectivity index (χ1v) is 6.81. The Hall–Kier alpha value is -1.53. The SMILES string of the molecule is CN(Cc1c(Cl)cnn1C)C(=O)CCn1cc(Cl)cn1. The summed E-state index contributed by atoms with van der Waals surface area (Å²) in [4.78, 5) is 13.7. The van der Waals surface area contributed by atoms with Crippen molar-refractivity contribution in [2.24, 2.45) is 7.05 Å². The van der Waals surface area contributed by atoms with E-state index in [0.29, 0.717) is 29.6 Å². The molecule has 108 valence electrons. The van der Waals surface area contributed by atoms with Crippen molar-refractivity contribution in [1.29, 1.82) is 0 Å². The number of nitrogens with zero attached hydrogens (tertiary/aromatic N) is 5. The molecule has 6 nitrogen and oxygen atoms in total. The Balaban J connectivity index is 1.89. The maximum absolute atomic E-state index is 12.1. The molecule has 0 bridgehead atoms. The summed E-state index contributed by atoms with van der Waals surface area (Å²) in [5.74, 6) is 0.00823. The third kappa shape index (κ3) is 3.52. The van der Waals surface area contributed by atoms with E-state index in [1.165, 1.54) is 0 Å². The van der Waals surface area contributed by atoms with Gasteiger partial charge in [-0.3, -0.25) is 14.2 Å². The highest BCUT2D eigenvalue weighted by Crippen LogP contribution is 2.16. The Morgan fingerprint density at radius 1 is 1.35 bits per heavy atom. The fraction of sp³-hybridized carbons (Fsp3) is 0.417. The molecule has 0 aliphatic heterocycles. The Labute approximate surface area is 126 Å². The molecule has 0 aliphatic rings. The molecule has 0 aliphatic carbocycles. The van der Waals surface area contributed by atoms with Gasteiger partial charge in [-0.2, -0.15) is 10.2 Å². The van der Waals surface area contributed by atoms with Gasteiger partial charge in [0.15, 0.2) is 0 Å². The lowest BCUT2D eigenvalue weighted by molar-refractivity contribution is -0.130. The summed E-state index contributed by atoms with van der Waals surface area (Å²) < 4.78 is 3.31. The van der Waals surface area contributed by atoms with Crippen LogP contribution in [0.25, 0.3) is 0 Å². The van der Waals surface area contributed by atoms with Gasteiger partial charge in [-0.1, -0.05) is 23.2 Å². The topological polar surface area (TPSA) is 56.0 Å². The number of carbonyl (C=O) groups is 1. The van der Waals surface area contributed by atoms with Crippen molar-refractivity contribution in [2.75, 3.05) is 7.05 Å². The quantitative estimate of drug-likeness (QED) is 0.847. The average molecular weight is 316 g/mol. The van der Waals surface area contributed by atoms with Crippen molar-refractivity contribution in [3.8, 4) is 0 Å². The standard InChI is InChI=1S/C12H15Cl2N5O/c1-17(8-11-10(14)6-15-18(11)2)12(20)3-4-19-7-9(13)5-16-19/h5-7H,3-4,8H2,1-2H3. The molecular weight excluding hydrogens is 301 g/mol. The van der Waals surface area contributed by atoms with E-state index in [1.807, 2.05) is 0 Å². The van der Waals surface area contributed by atoms with E-state index in [-0.39, 0.29) is 5.91 Å². The third-order valence-electron chi connectivity index (χ3n) is 2.98. The van der Waals surface area contributed by atoms with Crippen LogP contribution >= 0.6 is 23.2 Å². The molecule has 8 heteroatoms. The van der Waals surface area contributed by atoms with Crippen molar-refractivity contribution < 1.29 is 4.79 Å². The summed E-state index contributed by atoms with van der Waals surface area (Å²) in [6.07, 6.45) is 5.16. The molecule has 0 radical (unpaired) electrons. The third-order valence-corrected chi connectivity index (χ3v) is 3.49. The second kappa shape index (κ2) is 6.28. The first-order valence-electron chi connectivity index (χ1n) is 6.05. The summed E-state index contributed by atoms with van der Waals surface area (Å²) in [7, 11) is 3.53. The van der Waals surface area contributed by atoms with Crippen LogP contribution in [-0.4, -0.2) is 37.4 Å². The van der Waals surface area contributed by atoms with Crippen LogP contribution in [-0.2, 0) is 24.9 Å². The molecule has 2 aromatic heterocycles. The molecule has 1 amide bonds. The largest absolute Gasteiger partial charge is 0.340 e. The molecular formula is C12H15Cl2N5O. The second-order valence-corrected chi connectivity index (χ2v) is 5.33. The molecule has 0 N–H and O–H groups in total. The van der Waals surface area contributed by atoms with Crippen LogP contribution in [0, 0.1) is 0 Å². The van der Waals surface area contributed by atoms with Crippen LogP contribution in [0.5, 0.6) is 0 Å². The number of halogens is 2. The first kappa shape index (κ1) is 14.9. The van der Waals surface area contributed by atoms with E-state index >= 15 is 0 Å². The molecule has 0 aromatic carbocycles. The fourth-order valence-electron chi connectivity index (χ4n) is 1.79. The summed E-state index contributed by atoms with van der Waals surface area (Å²) in [6.45, 7) is 0.920. The molecule has 0 atom stereocenters. The lowest BCUT2D eigenvalue weighted by Crippen LogP contribution is -2.28. The summed E-state index contributed by atoms with van der Waals surface area (Å²) in [5, 5.41) is 9.20. The van der Waals surface area contributed by atoms with Crippen LogP contribution in [0.2, 0.25) is 10.0 Å². The number of hydrogen-bond donors (Lipinski definition) is 0. The van der Waals surface area contributed by atoms with E-state index < -0.39 is 0 Å². The number of hydrogen-bond acceptors (Lipinski definition) is 3. The van der Waals surface area contributed by atoms with Crippen LogP contribution in [0.1, 0.15) is 12.1 Å². The van der Waals surface area contributed by atoms with E-state index in [0.717, 1.165) is 5.69 Å². The van der Waals surface area contributed by atoms with Gasteiger partial charge >= 0.3 is 0 Å². The van der Waals surface area contributed by atoms with Crippen LogP contribution in [0.4, 0.5) is 0 Å². The second-order valence-electron chi connectivity index (χ2n) is 4.48. The minimum absolute atomic E-state index is 0.00823. The van der Waals surface area contributed by atoms with Gasteiger partial charge in [-0.05, 0) is 0 Å². The lowest BCUT2D eigenvalue weighted by atomic mass is 10.3. The smallest absolute Gasteiger partial charge is 0.224 e. The predicted octanol–water partition coefficient (Wildman–Crippen LogP) is 1.97. The highest BCUT2D eigenvalue weighted by molar-refractivity contribution is 6.31. The van der Waals surface area contributed by atoms with Gasteiger partial charge in [0.1, 0.15) is 0 Å². The van der Waals surface area contributed by atoms with Crippen molar-refractivity contribution in [1.82, 2.24) is 24.5 Å². The number of rotatable bonds is 5. The number of aryl methyl sites for hydroxylation is 2. The van der Waals surface area contributed by atoms with Crippen molar-refractivity contribution >= 4 is 29.1 Å². The van der Waals surface area contributed by atoms with Gasteiger partial charge in [0, 0.05) is 33.3 Å². The van der Waals surface area contributed by atoms with Crippen molar-refractivity contribution in [3.05, 3.63) is 34.3 Å². The zero-order valence-corrected chi connectivity index (χ0v) is 12.8. The minimum atomic E-state index is 0.00823. The zero-order valence-electron chi connectivity index (χ0n) is 11.3. The van der Waals surface area contributed by atoms with Gasteiger partial charge in [0.2, 0.25) is 5.91 Å². The van der Waals surface area contributed by atoms with Crippen LogP contribution in [0.15, 0.2) is 18.6 Å². The van der Waals surface area contributed by atoms with Crippen LogP contribution in [0.3, 0.4) is 0 Å². The van der Waals surface area contributed by atoms with Crippen LogP contribution < -0.4 is 0 Å². The Morgan fingerprint density at radius 2 is 2.10 bits per heavy atom. The van der Waals surface area contributed by atoms with E-state index in [9.17, 15) is 4.79 Å². The highest BCUT2D eigenvalue weighted by atomic mass is 35.5. The summed E-state index contributed by atoms with van der Waals surface area (Å²) in [6, 6.07) is 0. The number of aromatic nitrogens is 4. The Kier molecular flexibility index (Phi) is 4.67. The van der Waals surface area contributed by atoms with E-state index in [4.69, 9.17) is 23.2 Å². The van der Waals surface area contributed by atoms with Gasteiger partial charge in [0.05, 0.1) is 34.7 Å². The predicted molar refractivity (Wildman–Crippen MR) is 76.5 cm³/mol. The van der Waals surface area contributed by atoms with Gasteiger partial charge in [-0.25, -0.2) is 0 Å². The molecule has 0 saturated heterocycles. The number of carbonyl (C=O) groups excluding carboxylic acids is 1. The fourth-order valence-corrected chi connectivity index (χ4v) is 2.17. The number of amides is 1. The summed E-state index contributed by atoms with van der Waals surface area (Å²) in [5.41, 5.74) is 0.810. The maximum Gasteiger partial charge on any atom is 0.224 e. The molecule has 0 unspecified atom stereocenters. The highest BCUT2D eigenvalue weighted by Gasteiger charge is 2.14. The van der Waals surface area contributed by atoms with Gasteiger partial charge < -0.3 is 4.90 Å². The van der Waals surface area contributed by atoms with Gasteiger partial charge in [-0.15, -0.1) is 0 Å². The molecule has 2 heterocycles. The lowest BCUT2D eigenvalue weighted by Gasteiger charge is -2.17. The maximum atomic E-state index is 12.1. The van der Waals surface area contributed by atoms with Gasteiger partial charge in [0.25, 0.3) is 0 Å². The van der Waals surface area contributed by atoms with E-state index in [1.54, 1.807) is 46.9 Å². The molecule has 0 fully saturated rings. The summed E-state index contributed by atoms with van der Waals surface area (Å²) >= 11 is 11.8. The monoisotopic (exact) mass is 315 g/mol.